The van der Waals surface area contributed by atoms with Crippen molar-refractivity contribution in [2.45, 2.75) is 18.0 Å². The van der Waals surface area contributed by atoms with Crippen molar-refractivity contribution in [3.8, 4) is 28.3 Å². The predicted octanol–water partition coefficient (Wildman–Crippen LogP) is 4.86. The number of thiophene rings is 1. The monoisotopic (exact) mass is 499 g/mol. The number of fused-ring (bicyclic) bond motifs is 1. The van der Waals surface area contributed by atoms with Crippen molar-refractivity contribution >= 4 is 39.2 Å². The molecule has 0 saturated heterocycles. The molecule has 35 heavy (non-hydrogen) atoms. The lowest BCUT2D eigenvalue weighted by atomic mass is 10.2. The van der Waals surface area contributed by atoms with Crippen LogP contribution in [0.5, 0.6) is 0 Å². The first-order valence-electron chi connectivity index (χ1n) is 10.9. The Bertz CT molecular complexity index is 1450. The molecular formula is C26H21N5O2S2. The number of amides is 1. The third-order valence-electron chi connectivity index (χ3n) is 5.27. The molecule has 7 nitrogen and oxygen atoms in total. The van der Waals surface area contributed by atoms with E-state index in [2.05, 4.69) is 0 Å². The van der Waals surface area contributed by atoms with Crippen LogP contribution in [-0.2, 0) is 4.79 Å². The summed E-state index contributed by atoms with van der Waals surface area (Å²) >= 11 is 2.62. The minimum Gasteiger partial charge on any atom is -0.340 e. The van der Waals surface area contributed by atoms with E-state index >= 15 is 0 Å². The van der Waals surface area contributed by atoms with E-state index in [1.807, 2.05) is 78.9 Å². The van der Waals surface area contributed by atoms with Gasteiger partial charge in [0.25, 0.3) is 5.56 Å². The van der Waals surface area contributed by atoms with Crippen LogP contribution in [0.1, 0.15) is 12.8 Å². The maximum atomic E-state index is 13.6. The first kappa shape index (κ1) is 24.2. The van der Waals surface area contributed by atoms with Crippen LogP contribution < -0.4 is 5.56 Å². The van der Waals surface area contributed by atoms with Crippen molar-refractivity contribution in [2.24, 2.45) is 0 Å². The molecule has 2 aromatic heterocycles. The highest BCUT2D eigenvalue weighted by Crippen LogP contribution is 2.32. The highest BCUT2D eigenvalue weighted by atomic mass is 32.2. The Hall–Kier alpha value is -3.92. The van der Waals surface area contributed by atoms with Gasteiger partial charge in [0.2, 0.25) is 5.91 Å². The summed E-state index contributed by atoms with van der Waals surface area (Å²) in [4.78, 5) is 34.3. The van der Waals surface area contributed by atoms with Gasteiger partial charge in [0.15, 0.2) is 5.16 Å². The lowest BCUT2D eigenvalue weighted by molar-refractivity contribution is -0.128. The maximum absolute atomic E-state index is 13.6. The third kappa shape index (κ3) is 5.60. The Morgan fingerprint density at radius 2 is 1.63 bits per heavy atom. The molecule has 0 aliphatic heterocycles. The van der Waals surface area contributed by atoms with Gasteiger partial charge < -0.3 is 4.90 Å². The van der Waals surface area contributed by atoms with Crippen molar-refractivity contribution in [3.05, 3.63) is 77.1 Å². The molecule has 9 heteroatoms. The van der Waals surface area contributed by atoms with Gasteiger partial charge in [-0.05, 0) is 23.8 Å². The normalized spacial score (nSPS) is 10.6. The minimum absolute atomic E-state index is 0.0402. The van der Waals surface area contributed by atoms with Crippen LogP contribution in [0, 0.1) is 22.7 Å². The second-order valence-electron chi connectivity index (χ2n) is 7.55. The van der Waals surface area contributed by atoms with Gasteiger partial charge in [-0.3, -0.25) is 14.2 Å². The lowest BCUT2D eigenvalue weighted by Gasteiger charge is -2.20. The third-order valence-corrected chi connectivity index (χ3v) is 7.27. The topological polar surface area (TPSA) is 103 Å². The van der Waals surface area contributed by atoms with Crippen LogP contribution in [0.3, 0.4) is 0 Å². The first-order chi connectivity index (χ1) is 17.1. The summed E-state index contributed by atoms with van der Waals surface area (Å²) in [6.45, 7) is 0.530. The molecule has 4 aromatic rings. The second-order valence-corrected chi connectivity index (χ2v) is 9.52. The number of rotatable bonds is 9. The number of hydrogen-bond acceptors (Lipinski definition) is 7. The van der Waals surface area contributed by atoms with Crippen LogP contribution in [0.25, 0.3) is 26.3 Å². The van der Waals surface area contributed by atoms with Crippen molar-refractivity contribution < 1.29 is 4.79 Å². The van der Waals surface area contributed by atoms with Crippen LogP contribution in [0.4, 0.5) is 0 Å². The summed E-state index contributed by atoms with van der Waals surface area (Å²) in [6, 6.07) is 25.0. The fourth-order valence-corrected chi connectivity index (χ4v) is 5.55. The molecule has 4 rings (SSSR count). The molecule has 174 valence electrons. The van der Waals surface area contributed by atoms with E-state index in [1.54, 1.807) is 0 Å². The van der Waals surface area contributed by atoms with Crippen LogP contribution in [-0.4, -0.2) is 39.2 Å². The zero-order chi connectivity index (χ0) is 24.6. The van der Waals surface area contributed by atoms with Gasteiger partial charge in [0.1, 0.15) is 4.83 Å². The van der Waals surface area contributed by atoms with E-state index in [0.29, 0.717) is 21.1 Å². The number of carbonyl (C=O) groups excluding carboxylic acids is 1. The van der Waals surface area contributed by atoms with Crippen molar-refractivity contribution in [1.82, 2.24) is 14.5 Å². The molecule has 0 fully saturated rings. The Balaban J connectivity index is 1.71. The van der Waals surface area contributed by atoms with E-state index in [9.17, 15) is 9.59 Å². The second kappa shape index (κ2) is 11.5. The summed E-state index contributed by atoms with van der Waals surface area (Å²) in [5.74, 6) is -0.163. The van der Waals surface area contributed by atoms with E-state index in [4.69, 9.17) is 15.5 Å². The minimum atomic E-state index is -0.203. The molecule has 0 unspecified atom stereocenters. The van der Waals surface area contributed by atoms with Gasteiger partial charge >= 0.3 is 0 Å². The summed E-state index contributed by atoms with van der Waals surface area (Å²) in [6.07, 6.45) is 0.385. The summed E-state index contributed by atoms with van der Waals surface area (Å²) in [5.41, 5.74) is 1.48. The number of benzene rings is 2. The molecule has 0 aliphatic carbocycles. The molecule has 0 spiro atoms. The number of nitriles is 2. The van der Waals surface area contributed by atoms with E-state index in [0.717, 1.165) is 10.4 Å². The Morgan fingerprint density at radius 1 is 1.00 bits per heavy atom. The summed E-state index contributed by atoms with van der Waals surface area (Å²) < 4.78 is 1.54. The molecule has 0 N–H and O–H groups in total. The number of carbonyl (C=O) groups is 1. The highest BCUT2D eigenvalue weighted by molar-refractivity contribution is 7.99. The zero-order valence-electron chi connectivity index (χ0n) is 18.8. The molecule has 2 aromatic carbocycles. The van der Waals surface area contributed by atoms with Crippen LogP contribution >= 0.6 is 23.1 Å². The van der Waals surface area contributed by atoms with Gasteiger partial charge in [-0.25, -0.2) is 4.98 Å². The maximum Gasteiger partial charge on any atom is 0.267 e. The smallest absolute Gasteiger partial charge is 0.267 e. The number of aromatic nitrogens is 2. The fourth-order valence-electron chi connectivity index (χ4n) is 3.56. The highest BCUT2D eigenvalue weighted by Gasteiger charge is 2.19. The van der Waals surface area contributed by atoms with E-state index in [1.165, 1.54) is 32.6 Å². The van der Waals surface area contributed by atoms with Gasteiger partial charge in [-0.1, -0.05) is 60.3 Å². The lowest BCUT2D eigenvalue weighted by Crippen LogP contribution is -2.34. The molecule has 0 atom stereocenters. The summed E-state index contributed by atoms with van der Waals surface area (Å²) in [7, 11) is 0. The van der Waals surface area contributed by atoms with Gasteiger partial charge in [-0.15, -0.1) is 11.3 Å². The Kier molecular flexibility index (Phi) is 7.94. The Morgan fingerprint density at radius 3 is 2.26 bits per heavy atom. The summed E-state index contributed by atoms with van der Waals surface area (Å²) in [5, 5.41) is 18.8. The Labute approximate surface area is 210 Å². The quantitative estimate of drug-likeness (QED) is 0.241. The van der Waals surface area contributed by atoms with Crippen molar-refractivity contribution in [1.29, 1.82) is 10.5 Å². The van der Waals surface area contributed by atoms with Crippen molar-refractivity contribution in [2.75, 3.05) is 18.8 Å². The van der Waals surface area contributed by atoms with Crippen LogP contribution in [0.2, 0.25) is 0 Å². The van der Waals surface area contributed by atoms with Gasteiger partial charge in [-0.2, -0.15) is 10.5 Å². The van der Waals surface area contributed by atoms with Crippen LogP contribution in [0.15, 0.2) is 76.7 Å². The fraction of sp³-hybridized carbons (Fsp3) is 0.192. The molecule has 0 radical (unpaired) electrons. The average Bonchev–Trinajstić information content (AvgIpc) is 3.33. The molecule has 0 aliphatic rings. The molecular weight excluding hydrogens is 478 g/mol. The predicted molar refractivity (Wildman–Crippen MR) is 138 cm³/mol. The van der Waals surface area contributed by atoms with Gasteiger partial charge in [0, 0.05) is 18.0 Å². The number of nitrogens with zero attached hydrogens (tertiary/aromatic N) is 5. The van der Waals surface area contributed by atoms with E-state index < -0.39 is 0 Å². The number of hydrogen-bond donors (Lipinski definition) is 0. The first-order valence-corrected chi connectivity index (χ1v) is 12.7. The largest absolute Gasteiger partial charge is 0.340 e. The molecule has 0 saturated carbocycles. The molecule has 1 amide bonds. The molecule has 0 bridgehead atoms. The number of thioether (sulfide) groups is 1. The average molecular weight is 500 g/mol. The number of para-hydroxylation sites is 1. The SMILES string of the molecule is N#CCCN(CCC#N)C(=O)CSc1nc2sc(-c3ccccc3)cc2c(=O)n1-c1ccccc1. The van der Waals surface area contributed by atoms with Gasteiger partial charge in [0.05, 0.1) is 41.8 Å². The van der Waals surface area contributed by atoms with Crippen molar-refractivity contribution in [3.63, 3.8) is 0 Å². The molecule has 2 heterocycles. The zero-order valence-corrected chi connectivity index (χ0v) is 20.4. The standard InChI is InChI=1S/C26H21N5O2S2/c27-13-7-15-30(16-8-14-28)23(32)18-34-26-29-24-21(17-22(35-24)19-9-3-1-4-10-19)25(33)31(26)20-11-5-2-6-12-20/h1-6,9-12,17H,7-8,15-16,18H2. The van der Waals surface area contributed by atoms with E-state index in [-0.39, 0.29) is 43.2 Å².